The second-order valence-corrected chi connectivity index (χ2v) is 9.98. The average Bonchev–Trinajstić information content (AvgIpc) is 3.45. The van der Waals surface area contributed by atoms with Gasteiger partial charge in [-0.15, -0.1) is 0 Å². The molecule has 1 aliphatic heterocycles. The van der Waals surface area contributed by atoms with Gasteiger partial charge in [0.25, 0.3) is 0 Å². The number of carbonyl (C=O) groups excluding carboxylic acids is 3. The van der Waals surface area contributed by atoms with Gasteiger partial charge in [-0.1, -0.05) is 45.1 Å². The van der Waals surface area contributed by atoms with E-state index in [4.69, 9.17) is 4.74 Å². The van der Waals surface area contributed by atoms with Gasteiger partial charge < -0.3 is 4.74 Å². The Labute approximate surface area is 171 Å². The maximum absolute atomic E-state index is 12.9. The largest absolute Gasteiger partial charge is 0.426 e. The molecule has 4 aliphatic carbocycles. The molecular weight excluding hydrogens is 366 g/mol. The van der Waals surface area contributed by atoms with Crippen LogP contribution < -0.4 is 4.74 Å². The Morgan fingerprint density at radius 2 is 1.55 bits per heavy atom. The number of imide groups is 1. The van der Waals surface area contributed by atoms with E-state index < -0.39 is 5.97 Å². The van der Waals surface area contributed by atoms with Crippen molar-refractivity contribution >= 4 is 17.8 Å². The highest BCUT2D eigenvalue weighted by atomic mass is 16.5. The molecule has 6 rings (SSSR count). The first-order chi connectivity index (χ1) is 13.8. The fourth-order valence-corrected chi connectivity index (χ4v) is 5.65. The molecule has 152 valence electrons. The molecule has 5 aliphatic rings. The van der Waals surface area contributed by atoms with E-state index in [0.717, 1.165) is 12.0 Å². The van der Waals surface area contributed by atoms with Crippen molar-refractivity contribution in [2.24, 2.45) is 35.5 Å². The summed E-state index contributed by atoms with van der Waals surface area (Å²) in [5.74, 6) is 1.07. The maximum atomic E-state index is 12.9. The highest BCUT2D eigenvalue weighted by molar-refractivity contribution is 6.06. The highest BCUT2D eigenvalue weighted by Gasteiger charge is 2.66. The van der Waals surface area contributed by atoms with Crippen LogP contribution in [0.1, 0.15) is 39.2 Å². The summed E-state index contributed by atoms with van der Waals surface area (Å²) in [4.78, 5) is 39.5. The van der Waals surface area contributed by atoms with E-state index in [2.05, 4.69) is 32.9 Å². The summed E-state index contributed by atoms with van der Waals surface area (Å²) in [5, 5.41) is 0. The van der Waals surface area contributed by atoms with Crippen molar-refractivity contribution in [3.63, 3.8) is 0 Å². The molecule has 5 nitrogen and oxygen atoms in total. The van der Waals surface area contributed by atoms with E-state index in [-0.39, 0.29) is 53.9 Å². The molecule has 0 aromatic heterocycles. The van der Waals surface area contributed by atoms with Crippen LogP contribution in [-0.2, 0) is 19.8 Å². The van der Waals surface area contributed by atoms with Gasteiger partial charge >= 0.3 is 5.97 Å². The number of amides is 2. The Balaban J connectivity index is 1.20. The van der Waals surface area contributed by atoms with Gasteiger partial charge in [0.2, 0.25) is 11.8 Å². The molecule has 0 N–H and O–H groups in total. The number of esters is 1. The van der Waals surface area contributed by atoms with Crippen molar-refractivity contribution in [3.05, 3.63) is 42.0 Å². The van der Waals surface area contributed by atoms with Gasteiger partial charge in [0.1, 0.15) is 5.75 Å². The first-order valence-corrected chi connectivity index (χ1v) is 10.6. The van der Waals surface area contributed by atoms with Crippen LogP contribution in [0.3, 0.4) is 0 Å². The van der Waals surface area contributed by atoms with Crippen LogP contribution in [0.4, 0.5) is 0 Å². The first kappa shape index (κ1) is 18.6. The third kappa shape index (κ3) is 2.93. The fourth-order valence-electron chi connectivity index (χ4n) is 5.65. The van der Waals surface area contributed by atoms with Gasteiger partial charge in [-0.3, -0.25) is 19.3 Å². The zero-order valence-electron chi connectivity index (χ0n) is 17.1. The molecule has 1 saturated heterocycles. The molecule has 5 heteroatoms. The van der Waals surface area contributed by atoms with Crippen LogP contribution in [-0.4, -0.2) is 29.2 Å². The molecule has 1 heterocycles. The lowest BCUT2D eigenvalue weighted by atomic mass is 9.63. The Bertz CT molecular complexity index is 874. The highest BCUT2D eigenvalue weighted by Crippen LogP contribution is 2.65. The normalized spacial score (nSPS) is 34.2. The Kier molecular flexibility index (Phi) is 4.03. The lowest BCUT2D eigenvalue weighted by Gasteiger charge is -2.37. The molecule has 0 unspecified atom stereocenters. The molecule has 1 aromatic rings. The summed E-state index contributed by atoms with van der Waals surface area (Å²) in [6.45, 7) is 6.49. The number of allylic oxidation sites excluding steroid dienone is 2. The van der Waals surface area contributed by atoms with E-state index in [1.165, 1.54) is 4.90 Å². The summed E-state index contributed by atoms with van der Waals surface area (Å²) in [5.41, 5.74) is 1.19. The Morgan fingerprint density at radius 1 is 1.00 bits per heavy atom. The van der Waals surface area contributed by atoms with Crippen molar-refractivity contribution in [1.29, 1.82) is 0 Å². The Morgan fingerprint density at radius 3 is 2.07 bits per heavy atom. The molecule has 1 aromatic carbocycles. The van der Waals surface area contributed by atoms with E-state index in [0.29, 0.717) is 17.6 Å². The van der Waals surface area contributed by atoms with Gasteiger partial charge in [0, 0.05) is 6.54 Å². The number of benzene rings is 1. The zero-order valence-corrected chi connectivity index (χ0v) is 17.1. The molecule has 2 bridgehead atoms. The summed E-state index contributed by atoms with van der Waals surface area (Å²) in [7, 11) is 0. The first-order valence-electron chi connectivity index (χ1n) is 10.6. The molecule has 29 heavy (non-hydrogen) atoms. The molecule has 0 spiro atoms. The number of hydrogen-bond donors (Lipinski definition) is 0. The minimum atomic E-state index is -0.423. The Hall–Kier alpha value is -2.43. The van der Waals surface area contributed by atoms with Crippen molar-refractivity contribution in [1.82, 2.24) is 4.90 Å². The summed E-state index contributed by atoms with van der Waals surface area (Å²) in [6.07, 6.45) is 5.48. The van der Waals surface area contributed by atoms with Crippen LogP contribution in [0.2, 0.25) is 0 Å². The monoisotopic (exact) mass is 393 g/mol. The molecular formula is C24H27NO4. The second kappa shape index (κ2) is 6.28. The van der Waals surface area contributed by atoms with Gasteiger partial charge in [0.15, 0.2) is 0 Å². The van der Waals surface area contributed by atoms with Crippen molar-refractivity contribution in [2.45, 2.75) is 39.0 Å². The number of ether oxygens (including phenoxy) is 1. The van der Waals surface area contributed by atoms with Crippen molar-refractivity contribution < 1.29 is 19.1 Å². The maximum Gasteiger partial charge on any atom is 0.312 e. The van der Waals surface area contributed by atoms with Crippen molar-refractivity contribution in [2.75, 3.05) is 6.54 Å². The van der Waals surface area contributed by atoms with Crippen LogP contribution >= 0.6 is 0 Å². The topological polar surface area (TPSA) is 63.7 Å². The van der Waals surface area contributed by atoms with E-state index in [1.54, 1.807) is 12.1 Å². The number of carbonyl (C=O) groups is 3. The SMILES string of the molecule is CC(C)(C)c1ccc(OC(=O)CCN2C(=O)[C@@H]3[C@@H]4C=C[C@@H]([C@H]5C[C@@H]45)[C@@H]3C2=O)cc1. The molecule has 3 fully saturated rings. The number of likely N-dealkylation sites (tertiary alicyclic amines) is 1. The molecule has 0 radical (unpaired) electrons. The number of hydrogen-bond acceptors (Lipinski definition) is 4. The van der Waals surface area contributed by atoms with Gasteiger partial charge in [0.05, 0.1) is 18.3 Å². The molecule has 6 atom stereocenters. The van der Waals surface area contributed by atoms with Crippen LogP contribution in [0, 0.1) is 35.5 Å². The molecule has 2 saturated carbocycles. The van der Waals surface area contributed by atoms with Crippen molar-refractivity contribution in [3.8, 4) is 5.75 Å². The zero-order chi connectivity index (χ0) is 20.5. The third-order valence-electron chi connectivity index (χ3n) is 7.25. The van der Waals surface area contributed by atoms with Gasteiger partial charge in [-0.2, -0.15) is 0 Å². The van der Waals surface area contributed by atoms with Gasteiger partial charge in [-0.25, -0.2) is 0 Å². The van der Waals surface area contributed by atoms with E-state index >= 15 is 0 Å². The quantitative estimate of drug-likeness (QED) is 0.341. The minimum Gasteiger partial charge on any atom is -0.426 e. The van der Waals surface area contributed by atoms with Crippen LogP contribution in [0.15, 0.2) is 36.4 Å². The number of rotatable bonds is 4. The fraction of sp³-hybridized carbons (Fsp3) is 0.542. The smallest absolute Gasteiger partial charge is 0.312 e. The van der Waals surface area contributed by atoms with Gasteiger partial charge in [-0.05, 0) is 53.2 Å². The lowest BCUT2D eigenvalue weighted by Crippen LogP contribution is -2.40. The predicted octanol–water partition coefficient (Wildman–Crippen LogP) is 3.33. The summed E-state index contributed by atoms with van der Waals surface area (Å²) >= 11 is 0. The number of nitrogens with zero attached hydrogens (tertiary/aromatic N) is 1. The molecule has 2 amide bonds. The summed E-state index contributed by atoms with van der Waals surface area (Å²) in [6, 6.07) is 7.48. The predicted molar refractivity (Wildman–Crippen MR) is 107 cm³/mol. The lowest BCUT2D eigenvalue weighted by molar-refractivity contribution is -0.141. The second-order valence-electron chi connectivity index (χ2n) is 9.98. The standard InChI is InChI=1S/C24H27NO4/c1-24(2,3)13-4-6-14(7-5-13)29-19(26)10-11-25-22(27)20-15-8-9-16(18-12-17(15)18)21(20)23(25)28/h4-9,15-18,20-21H,10-12H2,1-3H3/t15-,16+,17+,18-,20-,21+. The third-order valence-corrected chi connectivity index (χ3v) is 7.25. The van der Waals surface area contributed by atoms with E-state index in [9.17, 15) is 14.4 Å². The minimum absolute atomic E-state index is 0.0214. The van der Waals surface area contributed by atoms with Crippen LogP contribution in [0.5, 0.6) is 5.75 Å². The van der Waals surface area contributed by atoms with Crippen LogP contribution in [0.25, 0.3) is 0 Å². The summed E-state index contributed by atoms with van der Waals surface area (Å²) < 4.78 is 5.41. The van der Waals surface area contributed by atoms with E-state index in [1.807, 2.05) is 12.1 Å². The average molecular weight is 393 g/mol.